The van der Waals surface area contributed by atoms with Gasteiger partial charge in [-0.1, -0.05) is 20.8 Å². The van der Waals surface area contributed by atoms with Crippen LogP contribution in [-0.2, 0) is 5.60 Å². The largest absolute Gasteiger partial charge is 0.478 e. The summed E-state index contributed by atoms with van der Waals surface area (Å²) >= 11 is 0. The molecule has 1 heterocycles. The summed E-state index contributed by atoms with van der Waals surface area (Å²) in [5.74, 6) is -0.868. The molecule has 0 bridgehead atoms. The van der Waals surface area contributed by atoms with Gasteiger partial charge < -0.3 is 14.6 Å². The van der Waals surface area contributed by atoms with Crippen molar-refractivity contribution in [3.8, 4) is 0 Å². The summed E-state index contributed by atoms with van der Waals surface area (Å²) in [4.78, 5) is 11.1. The van der Waals surface area contributed by atoms with Crippen LogP contribution in [0.5, 0.6) is 0 Å². The fourth-order valence-electron chi connectivity index (χ4n) is 3.03. The lowest BCUT2D eigenvalue weighted by Gasteiger charge is -2.44. The first-order chi connectivity index (χ1) is 8.26. The highest BCUT2D eigenvalue weighted by Crippen LogP contribution is 2.49. The van der Waals surface area contributed by atoms with Crippen LogP contribution in [0.15, 0.2) is 16.7 Å². The van der Waals surface area contributed by atoms with Crippen LogP contribution in [0, 0.1) is 11.3 Å². The van der Waals surface area contributed by atoms with E-state index < -0.39 is 11.6 Å². The summed E-state index contributed by atoms with van der Waals surface area (Å²) in [7, 11) is 0. The van der Waals surface area contributed by atoms with Crippen molar-refractivity contribution in [1.82, 2.24) is 0 Å². The maximum atomic E-state index is 11.1. The Labute approximate surface area is 107 Å². The van der Waals surface area contributed by atoms with Crippen molar-refractivity contribution in [1.29, 1.82) is 0 Å². The predicted octanol–water partition coefficient (Wildman–Crippen LogP) is 3.01. The van der Waals surface area contributed by atoms with Crippen molar-refractivity contribution >= 4 is 5.97 Å². The van der Waals surface area contributed by atoms with Gasteiger partial charge >= 0.3 is 5.97 Å². The minimum atomic E-state index is -1.16. The molecule has 1 aliphatic carbocycles. The molecular weight excluding hydrogens is 232 g/mol. The van der Waals surface area contributed by atoms with Gasteiger partial charge in [0, 0.05) is 0 Å². The molecule has 2 atom stereocenters. The molecular formula is C14H20O4. The normalized spacial score (nSPS) is 31.2. The number of carbonyl (C=O) groups is 1. The molecule has 0 spiro atoms. The molecule has 0 aliphatic heterocycles. The molecule has 2 N–H and O–H groups in total. The molecule has 1 aromatic heterocycles. The molecule has 1 saturated carbocycles. The molecule has 2 rings (SSSR count). The molecule has 0 saturated heterocycles. The first-order valence-corrected chi connectivity index (χ1v) is 6.30. The van der Waals surface area contributed by atoms with E-state index in [4.69, 9.17) is 9.52 Å². The predicted molar refractivity (Wildman–Crippen MR) is 66.4 cm³/mol. The highest BCUT2D eigenvalue weighted by Gasteiger charge is 2.47. The van der Waals surface area contributed by atoms with Gasteiger partial charge in [-0.15, -0.1) is 0 Å². The van der Waals surface area contributed by atoms with Gasteiger partial charge in [0.05, 0.1) is 6.26 Å². The fraction of sp³-hybridized carbons (Fsp3) is 0.643. The van der Waals surface area contributed by atoms with E-state index in [1.165, 1.54) is 12.3 Å². The molecule has 1 aromatic rings. The summed E-state index contributed by atoms with van der Waals surface area (Å²) in [6, 6.07) is 1.40. The van der Waals surface area contributed by atoms with Gasteiger partial charge in [-0.2, -0.15) is 0 Å². The van der Waals surface area contributed by atoms with E-state index in [0.717, 1.165) is 12.8 Å². The second-order valence-electron chi connectivity index (χ2n) is 6.16. The Kier molecular flexibility index (Phi) is 3.01. The minimum absolute atomic E-state index is 0.0227. The zero-order valence-electron chi connectivity index (χ0n) is 11.1. The van der Waals surface area contributed by atoms with Crippen LogP contribution >= 0.6 is 0 Å². The second kappa shape index (κ2) is 4.12. The molecule has 1 aliphatic rings. The lowest BCUT2D eigenvalue weighted by Crippen LogP contribution is -2.42. The Morgan fingerprint density at radius 3 is 2.67 bits per heavy atom. The van der Waals surface area contributed by atoms with Gasteiger partial charge in [0.25, 0.3) is 0 Å². The molecule has 18 heavy (non-hydrogen) atoms. The Bertz CT molecular complexity index is 460. The number of aromatic carboxylic acids is 1. The Morgan fingerprint density at radius 2 is 2.11 bits per heavy atom. The zero-order chi connectivity index (χ0) is 13.6. The van der Waals surface area contributed by atoms with E-state index in [1.54, 1.807) is 0 Å². The van der Waals surface area contributed by atoms with E-state index >= 15 is 0 Å². The fourth-order valence-corrected chi connectivity index (χ4v) is 3.03. The topological polar surface area (TPSA) is 70.7 Å². The average Bonchev–Trinajstić information content (AvgIpc) is 2.73. The quantitative estimate of drug-likeness (QED) is 0.848. The number of carboxylic acids is 1. The maximum Gasteiger partial charge on any atom is 0.339 e. The monoisotopic (exact) mass is 252 g/mol. The minimum Gasteiger partial charge on any atom is -0.478 e. The van der Waals surface area contributed by atoms with Crippen molar-refractivity contribution in [2.45, 2.75) is 45.6 Å². The van der Waals surface area contributed by atoms with Gasteiger partial charge in [-0.25, -0.2) is 4.79 Å². The first-order valence-electron chi connectivity index (χ1n) is 6.30. The highest BCUT2D eigenvalue weighted by atomic mass is 16.4. The zero-order valence-corrected chi connectivity index (χ0v) is 11.1. The number of carboxylic acid groups (broad SMARTS) is 1. The molecule has 0 amide bonds. The van der Waals surface area contributed by atoms with E-state index in [1.807, 2.05) is 6.92 Å². The summed E-state index contributed by atoms with van der Waals surface area (Å²) in [5.41, 5.74) is -0.905. The lowest BCUT2D eigenvalue weighted by molar-refractivity contribution is -0.0915. The molecule has 4 nitrogen and oxygen atoms in total. The van der Waals surface area contributed by atoms with Crippen LogP contribution in [0.2, 0.25) is 0 Å². The van der Waals surface area contributed by atoms with Gasteiger partial charge in [0.15, 0.2) is 0 Å². The van der Waals surface area contributed by atoms with Gasteiger partial charge in [-0.3, -0.25) is 0 Å². The van der Waals surface area contributed by atoms with Gasteiger partial charge in [0.2, 0.25) is 0 Å². The van der Waals surface area contributed by atoms with E-state index in [0.29, 0.717) is 6.42 Å². The third-order valence-electron chi connectivity index (χ3n) is 4.15. The van der Waals surface area contributed by atoms with Crippen molar-refractivity contribution in [2.75, 3.05) is 0 Å². The molecule has 100 valence electrons. The van der Waals surface area contributed by atoms with Gasteiger partial charge in [-0.05, 0) is 36.7 Å². The molecule has 4 heteroatoms. The number of rotatable bonds is 2. The third-order valence-corrected chi connectivity index (χ3v) is 4.15. The van der Waals surface area contributed by atoms with E-state index in [2.05, 4.69) is 13.8 Å². The first kappa shape index (κ1) is 13.1. The van der Waals surface area contributed by atoms with E-state index in [9.17, 15) is 9.90 Å². The van der Waals surface area contributed by atoms with Crippen molar-refractivity contribution in [3.05, 3.63) is 23.7 Å². The number of hydrogen-bond acceptors (Lipinski definition) is 3. The Balaban J connectivity index is 2.37. The SMILES string of the molecule is CC1CC(C)(C)CCC1(O)c1occc1C(=O)O. The molecule has 0 radical (unpaired) electrons. The Morgan fingerprint density at radius 1 is 1.44 bits per heavy atom. The summed E-state index contributed by atoms with van der Waals surface area (Å²) < 4.78 is 5.28. The van der Waals surface area contributed by atoms with E-state index in [-0.39, 0.29) is 22.7 Å². The van der Waals surface area contributed by atoms with Crippen LogP contribution in [-0.4, -0.2) is 16.2 Å². The summed E-state index contributed by atoms with van der Waals surface area (Å²) in [6.07, 6.45) is 3.58. The highest BCUT2D eigenvalue weighted by molar-refractivity contribution is 5.89. The van der Waals surface area contributed by atoms with Crippen LogP contribution in [0.4, 0.5) is 0 Å². The maximum absolute atomic E-state index is 11.1. The molecule has 2 unspecified atom stereocenters. The van der Waals surface area contributed by atoms with Crippen molar-refractivity contribution in [3.63, 3.8) is 0 Å². The van der Waals surface area contributed by atoms with Crippen LogP contribution in [0.3, 0.4) is 0 Å². The average molecular weight is 252 g/mol. The molecule has 0 aromatic carbocycles. The molecule has 1 fully saturated rings. The summed E-state index contributed by atoms with van der Waals surface area (Å²) in [6.45, 7) is 6.29. The smallest absolute Gasteiger partial charge is 0.339 e. The standard InChI is InChI=1S/C14H20O4/c1-9-8-13(2,3)5-6-14(9,17)11-10(12(15)16)4-7-18-11/h4,7,9,17H,5-6,8H2,1-3H3,(H,15,16). The van der Waals surface area contributed by atoms with Gasteiger partial charge in [0.1, 0.15) is 16.9 Å². The van der Waals surface area contributed by atoms with Crippen molar-refractivity contribution < 1.29 is 19.4 Å². The number of aliphatic hydroxyl groups is 1. The summed E-state index contributed by atoms with van der Waals surface area (Å²) in [5, 5.41) is 19.9. The van der Waals surface area contributed by atoms with Crippen LogP contribution in [0.1, 0.15) is 56.2 Å². The number of hydrogen-bond donors (Lipinski definition) is 2. The second-order valence-corrected chi connectivity index (χ2v) is 6.16. The Hall–Kier alpha value is -1.29. The van der Waals surface area contributed by atoms with Crippen LogP contribution < -0.4 is 0 Å². The van der Waals surface area contributed by atoms with Crippen molar-refractivity contribution in [2.24, 2.45) is 11.3 Å². The van der Waals surface area contributed by atoms with Crippen LogP contribution in [0.25, 0.3) is 0 Å². The number of furan rings is 1. The lowest BCUT2D eigenvalue weighted by atomic mass is 9.64. The third kappa shape index (κ3) is 2.05.